The van der Waals surface area contributed by atoms with Gasteiger partial charge in [0.2, 0.25) is 0 Å². The molecule has 1 aromatic rings. The Labute approximate surface area is 145 Å². The lowest BCUT2D eigenvalue weighted by molar-refractivity contribution is 0.492. The summed E-state index contributed by atoms with van der Waals surface area (Å²) in [5, 5.41) is 0. The molecular formula is C22H30F2. The Morgan fingerprint density at radius 1 is 1.08 bits per heavy atom. The maximum absolute atomic E-state index is 14.5. The molecule has 0 aliphatic heterocycles. The number of aryl methyl sites for hydroxylation is 1. The van der Waals surface area contributed by atoms with Crippen molar-refractivity contribution in [3.05, 3.63) is 53.1 Å². The van der Waals surface area contributed by atoms with E-state index in [1.807, 2.05) is 0 Å². The van der Waals surface area contributed by atoms with E-state index in [0.29, 0.717) is 23.5 Å². The fourth-order valence-electron chi connectivity index (χ4n) is 3.33. The molecule has 1 unspecified atom stereocenters. The van der Waals surface area contributed by atoms with Gasteiger partial charge in [0.25, 0.3) is 0 Å². The van der Waals surface area contributed by atoms with Crippen molar-refractivity contribution in [3.63, 3.8) is 0 Å². The Kier molecular flexibility index (Phi) is 7.68. The highest BCUT2D eigenvalue weighted by Crippen LogP contribution is 2.33. The van der Waals surface area contributed by atoms with Gasteiger partial charge in [0.15, 0.2) is 11.6 Å². The zero-order valence-electron chi connectivity index (χ0n) is 15.1. The van der Waals surface area contributed by atoms with Gasteiger partial charge in [-0.25, -0.2) is 8.78 Å². The van der Waals surface area contributed by atoms with Crippen molar-refractivity contribution in [2.24, 2.45) is 5.92 Å². The van der Waals surface area contributed by atoms with Crippen molar-refractivity contribution in [2.75, 3.05) is 0 Å². The number of hydrogen-bond donors (Lipinski definition) is 0. The fraction of sp³-hybridized carbons (Fsp3) is 0.545. The van der Waals surface area contributed by atoms with E-state index in [2.05, 4.69) is 32.1 Å². The van der Waals surface area contributed by atoms with E-state index in [-0.39, 0.29) is 0 Å². The third-order valence-electron chi connectivity index (χ3n) is 4.87. The first-order chi connectivity index (χ1) is 11.7. The second kappa shape index (κ2) is 9.76. The van der Waals surface area contributed by atoms with Gasteiger partial charge in [-0.05, 0) is 55.6 Å². The molecule has 0 nitrogen and oxygen atoms in total. The number of allylic oxidation sites excluding steroid dienone is 4. The van der Waals surface area contributed by atoms with Crippen molar-refractivity contribution in [2.45, 2.75) is 71.6 Å². The molecular weight excluding hydrogens is 302 g/mol. The van der Waals surface area contributed by atoms with Crippen LogP contribution in [0.5, 0.6) is 0 Å². The van der Waals surface area contributed by atoms with Crippen LogP contribution in [-0.4, -0.2) is 0 Å². The van der Waals surface area contributed by atoms with Gasteiger partial charge in [-0.3, -0.25) is 0 Å². The van der Waals surface area contributed by atoms with Crippen LogP contribution in [-0.2, 0) is 6.42 Å². The molecule has 0 N–H and O–H groups in total. The third-order valence-corrected chi connectivity index (χ3v) is 4.87. The monoisotopic (exact) mass is 332 g/mol. The second-order valence-corrected chi connectivity index (χ2v) is 6.84. The molecule has 1 atom stereocenters. The van der Waals surface area contributed by atoms with Crippen molar-refractivity contribution in [3.8, 4) is 0 Å². The lowest BCUT2D eigenvalue weighted by atomic mass is 9.85. The van der Waals surface area contributed by atoms with E-state index < -0.39 is 11.6 Å². The Bertz CT molecular complexity index is 584. The van der Waals surface area contributed by atoms with Crippen molar-refractivity contribution in [1.82, 2.24) is 0 Å². The number of rotatable bonds is 8. The van der Waals surface area contributed by atoms with E-state index in [9.17, 15) is 8.78 Å². The molecule has 0 heterocycles. The highest BCUT2D eigenvalue weighted by molar-refractivity contribution is 5.67. The Hall–Kier alpha value is -1.44. The highest BCUT2D eigenvalue weighted by Gasteiger charge is 2.19. The van der Waals surface area contributed by atoms with Crippen LogP contribution in [0.1, 0.15) is 76.3 Å². The smallest absolute Gasteiger partial charge is 0.166 e. The molecule has 2 rings (SSSR count). The third kappa shape index (κ3) is 5.03. The Morgan fingerprint density at radius 2 is 1.92 bits per heavy atom. The van der Waals surface area contributed by atoms with Gasteiger partial charge >= 0.3 is 0 Å². The van der Waals surface area contributed by atoms with Gasteiger partial charge in [0.1, 0.15) is 0 Å². The van der Waals surface area contributed by atoms with Crippen molar-refractivity contribution in [1.29, 1.82) is 0 Å². The maximum Gasteiger partial charge on any atom is 0.166 e. The summed E-state index contributed by atoms with van der Waals surface area (Å²) in [5.41, 5.74) is 1.94. The summed E-state index contributed by atoms with van der Waals surface area (Å²) in [6.07, 6.45) is 15.4. The molecule has 0 radical (unpaired) electrons. The quantitative estimate of drug-likeness (QED) is 0.348. The lowest BCUT2D eigenvalue weighted by Gasteiger charge is -2.20. The fourth-order valence-corrected chi connectivity index (χ4v) is 3.33. The van der Waals surface area contributed by atoms with Crippen LogP contribution in [0, 0.1) is 17.6 Å². The SMILES string of the molecule is CCC/C=C/C1CC=C(c2ccc(CCCCC)c(F)c2F)CC1. The van der Waals surface area contributed by atoms with Gasteiger partial charge in [0.05, 0.1) is 0 Å². The van der Waals surface area contributed by atoms with Crippen LogP contribution in [0.4, 0.5) is 8.78 Å². The molecule has 1 aliphatic rings. The van der Waals surface area contributed by atoms with Gasteiger partial charge in [0, 0.05) is 5.56 Å². The first-order valence-electron chi connectivity index (χ1n) is 9.50. The number of unbranched alkanes of at least 4 members (excludes halogenated alkanes) is 3. The minimum absolute atomic E-state index is 0.461. The first kappa shape index (κ1) is 18.9. The molecule has 0 fully saturated rings. The van der Waals surface area contributed by atoms with Gasteiger partial charge in [-0.2, -0.15) is 0 Å². The summed E-state index contributed by atoms with van der Waals surface area (Å²) >= 11 is 0. The second-order valence-electron chi connectivity index (χ2n) is 6.84. The van der Waals surface area contributed by atoms with E-state index in [4.69, 9.17) is 0 Å². The largest absolute Gasteiger partial charge is 0.203 e. The van der Waals surface area contributed by atoms with Crippen LogP contribution >= 0.6 is 0 Å². The van der Waals surface area contributed by atoms with Crippen molar-refractivity contribution < 1.29 is 8.78 Å². The molecule has 132 valence electrons. The zero-order chi connectivity index (χ0) is 17.4. The average molecular weight is 332 g/mol. The molecule has 24 heavy (non-hydrogen) atoms. The molecule has 1 aliphatic carbocycles. The standard InChI is InChI=1S/C22H30F2/c1-3-5-7-9-17-11-13-18(14-12-17)20-16-15-19(10-8-6-4-2)21(23)22(20)24/h7,9,13,15-17H,3-6,8,10-12,14H2,1-2H3/b9-7+. The zero-order valence-corrected chi connectivity index (χ0v) is 15.1. The summed E-state index contributed by atoms with van der Waals surface area (Å²) in [5.74, 6) is -0.758. The van der Waals surface area contributed by atoms with Gasteiger partial charge in [-0.1, -0.05) is 63.5 Å². The Morgan fingerprint density at radius 3 is 2.58 bits per heavy atom. The predicted molar refractivity (Wildman–Crippen MR) is 99.0 cm³/mol. The maximum atomic E-state index is 14.5. The minimum atomic E-state index is -0.657. The number of hydrogen-bond acceptors (Lipinski definition) is 0. The van der Waals surface area contributed by atoms with E-state index in [0.717, 1.165) is 50.5 Å². The number of halogens is 2. The topological polar surface area (TPSA) is 0 Å². The summed E-state index contributed by atoms with van der Waals surface area (Å²) in [6, 6.07) is 3.55. The van der Waals surface area contributed by atoms with Crippen molar-refractivity contribution >= 4 is 5.57 Å². The minimum Gasteiger partial charge on any atom is -0.203 e. The molecule has 0 bridgehead atoms. The molecule has 0 spiro atoms. The van der Waals surface area contributed by atoms with Crippen LogP contribution in [0.2, 0.25) is 0 Å². The normalized spacial score (nSPS) is 18.2. The van der Waals surface area contributed by atoms with Gasteiger partial charge in [-0.15, -0.1) is 0 Å². The van der Waals surface area contributed by atoms with Crippen LogP contribution in [0.25, 0.3) is 5.57 Å². The van der Waals surface area contributed by atoms with Crippen LogP contribution in [0.15, 0.2) is 30.4 Å². The van der Waals surface area contributed by atoms with E-state index >= 15 is 0 Å². The molecule has 0 amide bonds. The molecule has 2 heteroatoms. The van der Waals surface area contributed by atoms with Gasteiger partial charge < -0.3 is 0 Å². The summed E-state index contributed by atoms with van der Waals surface area (Å²) in [4.78, 5) is 0. The lowest BCUT2D eigenvalue weighted by Crippen LogP contribution is -2.06. The van der Waals surface area contributed by atoms with E-state index in [1.54, 1.807) is 12.1 Å². The highest BCUT2D eigenvalue weighted by atomic mass is 19.2. The molecule has 1 aromatic carbocycles. The summed E-state index contributed by atoms with van der Waals surface area (Å²) in [6.45, 7) is 4.28. The van der Waals surface area contributed by atoms with E-state index in [1.165, 1.54) is 6.42 Å². The molecule has 0 aromatic heterocycles. The Balaban J connectivity index is 2.06. The first-order valence-corrected chi connectivity index (χ1v) is 9.50. The average Bonchev–Trinajstić information content (AvgIpc) is 2.60. The molecule has 0 saturated carbocycles. The predicted octanol–water partition coefficient (Wildman–Crippen LogP) is 7.24. The molecule has 0 saturated heterocycles. The van der Waals surface area contributed by atoms with Crippen LogP contribution in [0.3, 0.4) is 0 Å². The summed E-state index contributed by atoms with van der Waals surface area (Å²) in [7, 11) is 0. The number of benzene rings is 1. The summed E-state index contributed by atoms with van der Waals surface area (Å²) < 4.78 is 28.8. The van der Waals surface area contributed by atoms with Crippen LogP contribution < -0.4 is 0 Å².